The number of aromatic nitrogens is 2. The summed E-state index contributed by atoms with van der Waals surface area (Å²) in [7, 11) is 1.76. The number of hydrogen-bond acceptors (Lipinski definition) is 6. The standard InChI is InChI=1S/C10H16N4O2S/c1-3-7-6-16-5-4-14(7)9(15)8-12-13-10(11-2)17-8/h7H,3-6H2,1-2H3,(H,11,13). The largest absolute Gasteiger partial charge is 0.377 e. The number of nitrogens with zero attached hydrogens (tertiary/aromatic N) is 3. The van der Waals surface area contributed by atoms with Crippen molar-refractivity contribution in [3.05, 3.63) is 5.01 Å². The van der Waals surface area contributed by atoms with E-state index < -0.39 is 0 Å². The number of nitrogens with one attached hydrogen (secondary N) is 1. The third kappa shape index (κ3) is 2.55. The average Bonchev–Trinajstić information content (AvgIpc) is 2.86. The van der Waals surface area contributed by atoms with E-state index in [9.17, 15) is 4.79 Å². The fourth-order valence-corrected chi connectivity index (χ4v) is 2.45. The predicted octanol–water partition coefficient (Wildman–Crippen LogP) is 0.831. The van der Waals surface area contributed by atoms with Crippen LogP contribution in [0.3, 0.4) is 0 Å². The molecule has 2 heterocycles. The minimum atomic E-state index is -0.0425. The molecule has 1 aromatic heterocycles. The number of anilines is 1. The summed E-state index contributed by atoms with van der Waals surface area (Å²) in [4.78, 5) is 14.1. The van der Waals surface area contributed by atoms with Crippen molar-refractivity contribution in [1.29, 1.82) is 0 Å². The second kappa shape index (κ2) is 5.42. The van der Waals surface area contributed by atoms with E-state index in [0.29, 0.717) is 29.9 Å². The summed E-state index contributed by atoms with van der Waals surface area (Å²) in [6, 6.07) is 0.151. The van der Waals surface area contributed by atoms with Crippen LogP contribution in [0.1, 0.15) is 23.1 Å². The van der Waals surface area contributed by atoms with Gasteiger partial charge >= 0.3 is 0 Å². The Hall–Kier alpha value is -1.21. The maximum Gasteiger partial charge on any atom is 0.285 e. The molecule has 1 atom stereocenters. The highest BCUT2D eigenvalue weighted by molar-refractivity contribution is 7.17. The smallest absolute Gasteiger partial charge is 0.285 e. The molecule has 1 aliphatic heterocycles. The molecule has 1 unspecified atom stereocenters. The summed E-state index contributed by atoms with van der Waals surface area (Å²) < 4.78 is 5.38. The van der Waals surface area contributed by atoms with E-state index in [4.69, 9.17) is 4.74 Å². The van der Waals surface area contributed by atoms with Crippen LogP contribution >= 0.6 is 11.3 Å². The third-order valence-electron chi connectivity index (χ3n) is 2.78. The van der Waals surface area contributed by atoms with E-state index in [2.05, 4.69) is 22.4 Å². The summed E-state index contributed by atoms with van der Waals surface area (Å²) in [6.07, 6.45) is 0.892. The van der Waals surface area contributed by atoms with Crippen molar-refractivity contribution in [3.63, 3.8) is 0 Å². The summed E-state index contributed by atoms with van der Waals surface area (Å²) in [5.74, 6) is -0.0425. The number of rotatable bonds is 3. The van der Waals surface area contributed by atoms with Crippen molar-refractivity contribution in [2.24, 2.45) is 0 Å². The predicted molar refractivity (Wildman–Crippen MR) is 65.4 cm³/mol. The molecule has 94 valence electrons. The van der Waals surface area contributed by atoms with Gasteiger partial charge in [0.2, 0.25) is 10.1 Å². The van der Waals surface area contributed by atoms with Gasteiger partial charge in [-0.1, -0.05) is 18.3 Å². The number of carbonyl (C=O) groups is 1. The molecule has 0 bridgehead atoms. The zero-order valence-corrected chi connectivity index (χ0v) is 10.8. The van der Waals surface area contributed by atoms with E-state index in [0.717, 1.165) is 6.42 Å². The molecule has 1 aromatic rings. The van der Waals surface area contributed by atoms with Gasteiger partial charge in [-0.25, -0.2) is 0 Å². The molecule has 0 aromatic carbocycles. The maximum atomic E-state index is 12.2. The van der Waals surface area contributed by atoms with Gasteiger partial charge in [-0.3, -0.25) is 4.79 Å². The first-order valence-corrected chi connectivity index (χ1v) is 6.48. The van der Waals surface area contributed by atoms with Gasteiger partial charge in [0.25, 0.3) is 5.91 Å². The van der Waals surface area contributed by atoms with Gasteiger partial charge in [-0.05, 0) is 6.42 Å². The Balaban J connectivity index is 2.12. The van der Waals surface area contributed by atoms with E-state index in [-0.39, 0.29) is 11.9 Å². The van der Waals surface area contributed by atoms with Crippen LogP contribution in [0.15, 0.2) is 0 Å². The quantitative estimate of drug-likeness (QED) is 0.867. The molecule has 1 saturated heterocycles. The van der Waals surface area contributed by atoms with Gasteiger partial charge in [0.1, 0.15) is 0 Å². The van der Waals surface area contributed by atoms with Crippen LogP contribution in [0.5, 0.6) is 0 Å². The Morgan fingerprint density at radius 1 is 1.65 bits per heavy atom. The van der Waals surface area contributed by atoms with Crippen molar-refractivity contribution < 1.29 is 9.53 Å². The highest BCUT2D eigenvalue weighted by Crippen LogP contribution is 2.19. The maximum absolute atomic E-state index is 12.2. The molecule has 1 N–H and O–H groups in total. The van der Waals surface area contributed by atoms with Crippen molar-refractivity contribution in [3.8, 4) is 0 Å². The number of amides is 1. The van der Waals surface area contributed by atoms with Crippen LogP contribution in [0.2, 0.25) is 0 Å². The SMILES string of the molecule is CCC1COCCN1C(=O)c1nnc(NC)s1. The first kappa shape index (κ1) is 12.3. The Morgan fingerprint density at radius 2 is 2.47 bits per heavy atom. The lowest BCUT2D eigenvalue weighted by atomic mass is 10.2. The Bertz CT molecular complexity index is 395. The van der Waals surface area contributed by atoms with Gasteiger partial charge in [0.15, 0.2) is 0 Å². The molecule has 1 aliphatic rings. The molecule has 17 heavy (non-hydrogen) atoms. The van der Waals surface area contributed by atoms with Crippen molar-refractivity contribution in [2.45, 2.75) is 19.4 Å². The molecular formula is C10H16N4O2S. The molecule has 1 fully saturated rings. The lowest BCUT2D eigenvalue weighted by Gasteiger charge is -2.34. The van der Waals surface area contributed by atoms with Gasteiger partial charge in [0.05, 0.1) is 19.3 Å². The summed E-state index contributed by atoms with van der Waals surface area (Å²) in [5.41, 5.74) is 0. The normalized spacial score (nSPS) is 20.4. The lowest BCUT2D eigenvalue weighted by molar-refractivity contribution is -0.00285. The highest BCUT2D eigenvalue weighted by Gasteiger charge is 2.28. The molecular weight excluding hydrogens is 240 g/mol. The number of carbonyl (C=O) groups excluding carboxylic acids is 1. The Labute approximate surface area is 104 Å². The minimum Gasteiger partial charge on any atom is -0.377 e. The molecule has 7 heteroatoms. The monoisotopic (exact) mass is 256 g/mol. The van der Waals surface area contributed by atoms with Crippen LogP contribution < -0.4 is 5.32 Å². The number of ether oxygens (including phenoxy) is 1. The van der Waals surface area contributed by atoms with Crippen LogP contribution in [0, 0.1) is 0 Å². The Kier molecular flexibility index (Phi) is 3.90. The van der Waals surface area contributed by atoms with Gasteiger partial charge in [-0.2, -0.15) is 0 Å². The molecule has 0 aliphatic carbocycles. The van der Waals surface area contributed by atoms with Crippen molar-refractivity contribution >= 4 is 22.4 Å². The molecule has 0 spiro atoms. The van der Waals surface area contributed by atoms with Crippen LogP contribution in [-0.4, -0.2) is 53.9 Å². The van der Waals surface area contributed by atoms with E-state index in [1.165, 1.54) is 11.3 Å². The van der Waals surface area contributed by atoms with E-state index in [1.54, 1.807) is 7.05 Å². The Morgan fingerprint density at radius 3 is 3.12 bits per heavy atom. The fourth-order valence-electron chi connectivity index (χ4n) is 1.79. The van der Waals surface area contributed by atoms with Crippen molar-refractivity contribution in [2.75, 3.05) is 32.1 Å². The summed E-state index contributed by atoms with van der Waals surface area (Å²) >= 11 is 1.28. The third-order valence-corrected chi connectivity index (χ3v) is 3.71. The molecule has 2 rings (SSSR count). The topological polar surface area (TPSA) is 67.3 Å². The lowest BCUT2D eigenvalue weighted by Crippen LogP contribution is -2.48. The van der Waals surface area contributed by atoms with Crippen LogP contribution in [0.25, 0.3) is 0 Å². The summed E-state index contributed by atoms with van der Waals surface area (Å²) in [6.45, 7) is 3.89. The zero-order chi connectivity index (χ0) is 12.3. The average molecular weight is 256 g/mol. The van der Waals surface area contributed by atoms with E-state index in [1.807, 2.05) is 4.90 Å². The molecule has 0 radical (unpaired) electrons. The summed E-state index contributed by atoms with van der Waals surface area (Å²) in [5, 5.41) is 11.8. The molecule has 1 amide bonds. The van der Waals surface area contributed by atoms with Crippen LogP contribution in [-0.2, 0) is 4.74 Å². The molecule has 0 saturated carbocycles. The van der Waals surface area contributed by atoms with Crippen LogP contribution in [0.4, 0.5) is 5.13 Å². The van der Waals surface area contributed by atoms with Crippen molar-refractivity contribution in [1.82, 2.24) is 15.1 Å². The fraction of sp³-hybridized carbons (Fsp3) is 0.700. The van der Waals surface area contributed by atoms with Gasteiger partial charge in [-0.15, -0.1) is 10.2 Å². The number of hydrogen-bond donors (Lipinski definition) is 1. The zero-order valence-electron chi connectivity index (χ0n) is 9.97. The van der Waals surface area contributed by atoms with Gasteiger partial charge < -0.3 is 15.0 Å². The van der Waals surface area contributed by atoms with Gasteiger partial charge in [0, 0.05) is 13.6 Å². The first-order chi connectivity index (χ1) is 8.26. The highest BCUT2D eigenvalue weighted by atomic mass is 32.1. The first-order valence-electron chi connectivity index (χ1n) is 5.66. The minimum absolute atomic E-state index is 0.0425. The molecule has 6 nitrogen and oxygen atoms in total. The second-order valence-corrected chi connectivity index (χ2v) is 4.78. The number of morpholine rings is 1. The van der Waals surface area contributed by atoms with E-state index >= 15 is 0 Å². The second-order valence-electron chi connectivity index (χ2n) is 3.80.